The molecule has 1 aliphatic carbocycles. The van der Waals surface area contributed by atoms with Gasteiger partial charge in [0, 0.05) is 41.5 Å². The number of aromatic nitrogens is 2. The van der Waals surface area contributed by atoms with E-state index in [9.17, 15) is 4.79 Å². The summed E-state index contributed by atoms with van der Waals surface area (Å²) in [7, 11) is 4.32. The average molecular weight is 454 g/mol. The Morgan fingerprint density at radius 1 is 1.06 bits per heavy atom. The van der Waals surface area contributed by atoms with Gasteiger partial charge >= 0.3 is 0 Å². The maximum atomic E-state index is 12.9. The van der Waals surface area contributed by atoms with Crippen LogP contribution in [-0.2, 0) is 6.42 Å². The molecule has 0 saturated carbocycles. The summed E-state index contributed by atoms with van der Waals surface area (Å²) >= 11 is 0. The molecule has 1 amide bonds. The predicted octanol–water partition coefficient (Wildman–Crippen LogP) is 4.80. The molecule has 3 aromatic rings. The maximum Gasteiger partial charge on any atom is 0.255 e. The van der Waals surface area contributed by atoms with E-state index in [1.54, 1.807) is 0 Å². The number of amides is 1. The first-order valence-corrected chi connectivity index (χ1v) is 12.0. The van der Waals surface area contributed by atoms with E-state index in [0.717, 1.165) is 60.7 Å². The molecule has 6 heteroatoms. The van der Waals surface area contributed by atoms with E-state index in [1.165, 1.54) is 5.56 Å². The standard InChI is InChI=1S/C28H31N5O/c1-19-7-4-10-22(17-19)29-28(34)21-9-5-8-20(18-21)26-30-25-12-6-11-24(25)27(31-26)33-15-13-23(14-16-33)32(2)3/h4-10,12,17-18,23H,11,13-16H2,1-3H3,(H,29,34). The number of benzene rings is 2. The molecule has 0 bridgehead atoms. The van der Waals surface area contributed by atoms with Crippen LogP contribution in [0.4, 0.5) is 11.5 Å². The summed E-state index contributed by atoms with van der Waals surface area (Å²) in [6.07, 6.45) is 7.37. The zero-order chi connectivity index (χ0) is 23.7. The third-order valence-electron chi connectivity index (χ3n) is 6.77. The molecule has 2 heterocycles. The number of nitrogens with one attached hydrogen (secondary N) is 1. The van der Waals surface area contributed by atoms with Gasteiger partial charge in [-0.2, -0.15) is 0 Å². The summed E-state index contributed by atoms with van der Waals surface area (Å²) in [5.41, 5.74) is 5.53. The fraction of sp³-hybridized carbons (Fsp3) is 0.321. The molecule has 5 rings (SSSR count). The van der Waals surface area contributed by atoms with Crippen LogP contribution in [0.3, 0.4) is 0 Å². The van der Waals surface area contributed by atoms with E-state index >= 15 is 0 Å². The fourth-order valence-corrected chi connectivity index (χ4v) is 4.82. The van der Waals surface area contributed by atoms with Crippen molar-refractivity contribution in [3.8, 4) is 11.4 Å². The third-order valence-corrected chi connectivity index (χ3v) is 6.77. The molecular formula is C28H31N5O. The van der Waals surface area contributed by atoms with E-state index in [1.807, 2.05) is 55.5 Å². The van der Waals surface area contributed by atoms with Crippen LogP contribution >= 0.6 is 0 Å². The van der Waals surface area contributed by atoms with Crippen LogP contribution in [0.2, 0.25) is 0 Å². The molecule has 2 aliphatic rings. The average Bonchev–Trinajstić information content (AvgIpc) is 3.32. The highest BCUT2D eigenvalue weighted by Crippen LogP contribution is 2.32. The maximum absolute atomic E-state index is 12.9. The predicted molar refractivity (Wildman–Crippen MR) is 138 cm³/mol. The van der Waals surface area contributed by atoms with Gasteiger partial charge in [0.25, 0.3) is 5.91 Å². The minimum atomic E-state index is -0.139. The summed E-state index contributed by atoms with van der Waals surface area (Å²) in [6.45, 7) is 3.99. The van der Waals surface area contributed by atoms with Crippen molar-refractivity contribution in [1.82, 2.24) is 14.9 Å². The van der Waals surface area contributed by atoms with Crippen LogP contribution in [0, 0.1) is 6.92 Å². The molecular weight excluding hydrogens is 422 g/mol. The van der Waals surface area contributed by atoms with Gasteiger partial charge in [-0.15, -0.1) is 0 Å². The van der Waals surface area contributed by atoms with Crippen molar-refractivity contribution in [3.05, 3.63) is 77.0 Å². The quantitative estimate of drug-likeness (QED) is 0.601. The molecule has 0 unspecified atom stereocenters. The normalized spacial score (nSPS) is 15.6. The molecule has 1 aromatic heterocycles. The van der Waals surface area contributed by atoms with Crippen molar-refractivity contribution >= 4 is 23.5 Å². The molecule has 1 fully saturated rings. The van der Waals surface area contributed by atoms with Crippen LogP contribution in [0.15, 0.2) is 54.6 Å². The van der Waals surface area contributed by atoms with Crippen molar-refractivity contribution < 1.29 is 4.79 Å². The lowest BCUT2D eigenvalue weighted by Gasteiger charge is -2.36. The van der Waals surface area contributed by atoms with Gasteiger partial charge in [-0.25, -0.2) is 9.97 Å². The molecule has 1 aliphatic heterocycles. The molecule has 0 atom stereocenters. The highest BCUT2D eigenvalue weighted by Gasteiger charge is 2.26. The lowest BCUT2D eigenvalue weighted by Crippen LogP contribution is -2.42. The molecule has 174 valence electrons. The molecule has 1 N–H and O–H groups in total. The van der Waals surface area contributed by atoms with Gasteiger partial charge in [0.15, 0.2) is 5.82 Å². The van der Waals surface area contributed by atoms with E-state index < -0.39 is 0 Å². The first-order valence-electron chi connectivity index (χ1n) is 12.0. The number of carbonyl (C=O) groups is 1. The van der Waals surface area contributed by atoms with Crippen molar-refractivity contribution in [1.29, 1.82) is 0 Å². The number of rotatable bonds is 5. The van der Waals surface area contributed by atoms with Crippen LogP contribution in [0.25, 0.3) is 17.5 Å². The lowest BCUT2D eigenvalue weighted by molar-refractivity contribution is 0.102. The van der Waals surface area contributed by atoms with Gasteiger partial charge in [0.1, 0.15) is 5.82 Å². The Balaban J connectivity index is 1.42. The number of fused-ring (bicyclic) bond motifs is 1. The number of allylic oxidation sites excluding steroid dienone is 1. The Morgan fingerprint density at radius 3 is 2.62 bits per heavy atom. The second kappa shape index (κ2) is 9.39. The zero-order valence-corrected chi connectivity index (χ0v) is 20.1. The summed E-state index contributed by atoms with van der Waals surface area (Å²) in [6, 6.07) is 16.0. The van der Waals surface area contributed by atoms with Gasteiger partial charge in [-0.05, 0) is 76.2 Å². The van der Waals surface area contributed by atoms with Crippen LogP contribution in [-0.4, -0.2) is 54.0 Å². The van der Waals surface area contributed by atoms with Crippen molar-refractivity contribution in [2.24, 2.45) is 0 Å². The SMILES string of the molecule is Cc1cccc(NC(=O)c2cccc(-c3nc4c(c(N5CCC(N(C)C)CC5)n3)CC=C4)c2)c1. The van der Waals surface area contributed by atoms with Crippen LogP contribution in [0.5, 0.6) is 0 Å². The summed E-state index contributed by atoms with van der Waals surface area (Å²) in [5, 5.41) is 2.99. The Bertz CT molecular complexity index is 1240. The van der Waals surface area contributed by atoms with E-state index in [-0.39, 0.29) is 5.91 Å². The van der Waals surface area contributed by atoms with Crippen molar-refractivity contribution in [3.63, 3.8) is 0 Å². The molecule has 2 aromatic carbocycles. The number of aryl methyl sites for hydroxylation is 1. The highest BCUT2D eigenvalue weighted by atomic mass is 16.1. The largest absolute Gasteiger partial charge is 0.356 e. The Kier molecular flexibility index (Phi) is 6.16. The smallest absolute Gasteiger partial charge is 0.255 e. The van der Waals surface area contributed by atoms with Gasteiger partial charge < -0.3 is 15.1 Å². The first kappa shape index (κ1) is 22.3. The lowest BCUT2D eigenvalue weighted by atomic mass is 10.0. The van der Waals surface area contributed by atoms with E-state index in [2.05, 4.69) is 41.4 Å². The van der Waals surface area contributed by atoms with E-state index in [0.29, 0.717) is 17.4 Å². The molecule has 6 nitrogen and oxygen atoms in total. The minimum Gasteiger partial charge on any atom is -0.356 e. The number of hydrogen-bond acceptors (Lipinski definition) is 5. The number of hydrogen-bond donors (Lipinski definition) is 1. The summed E-state index contributed by atoms with van der Waals surface area (Å²) < 4.78 is 0. The Morgan fingerprint density at radius 2 is 1.85 bits per heavy atom. The topological polar surface area (TPSA) is 61.4 Å². The van der Waals surface area contributed by atoms with Gasteiger partial charge in [-0.1, -0.05) is 30.3 Å². The number of piperidine rings is 1. The van der Waals surface area contributed by atoms with E-state index in [4.69, 9.17) is 9.97 Å². The molecule has 0 radical (unpaired) electrons. The highest BCUT2D eigenvalue weighted by molar-refractivity contribution is 6.04. The Hall–Kier alpha value is -3.51. The number of anilines is 2. The number of carbonyl (C=O) groups excluding carboxylic acids is 1. The van der Waals surface area contributed by atoms with Gasteiger partial charge in [-0.3, -0.25) is 4.79 Å². The van der Waals surface area contributed by atoms with Crippen molar-refractivity contribution in [2.45, 2.75) is 32.2 Å². The number of nitrogens with zero attached hydrogens (tertiary/aromatic N) is 4. The molecule has 34 heavy (non-hydrogen) atoms. The van der Waals surface area contributed by atoms with Crippen molar-refractivity contribution in [2.75, 3.05) is 37.4 Å². The monoisotopic (exact) mass is 453 g/mol. The minimum absolute atomic E-state index is 0.139. The second-order valence-electron chi connectivity index (χ2n) is 9.43. The Labute approximate surface area is 201 Å². The zero-order valence-electron chi connectivity index (χ0n) is 20.1. The van der Waals surface area contributed by atoms with Crippen LogP contribution in [0.1, 0.15) is 40.0 Å². The summed E-state index contributed by atoms with van der Waals surface area (Å²) in [5.74, 6) is 1.57. The summed E-state index contributed by atoms with van der Waals surface area (Å²) in [4.78, 5) is 27.5. The van der Waals surface area contributed by atoms with Crippen LogP contribution < -0.4 is 10.2 Å². The van der Waals surface area contributed by atoms with Gasteiger partial charge in [0.05, 0.1) is 5.69 Å². The fourth-order valence-electron chi connectivity index (χ4n) is 4.82. The van der Waals surface area contributed by atoms with Gasteiger partial charge in [0.2, 0.25) is 0 Å². The molecule has 0 spiro atoms. The molecule has 1 saturated heterocycles. The first-order chi connectivity index (χ1) is 16.5. The third kappa shape index (κ3) is 4.59. The second-order valence-corrected chi connectivity index (χ2v) is 9.43.